The van der Waals surface area contributed by atoms with Gasteiger partial charge in [0.1, 0.15) is 0 Å². The van der Waals surface area contributed by atoms with E-state index in [0.29, 0.717) is 0 Å². The fourth-order valence-electron chi connectivity index (χ4n) is 2.15. The lowest BCUT2D eigenvalue weighted by atomic mass is 10.2. The molecule has 0 bridgehead atoms. The van der Waals surface area contributed by atoms with E-state index in [9.17, 15) is 0 Å². The van der Waals surface area contributed by atoms with Gasteiger partial charge in [-0.3, -0.25) is 4.90 Å². The van der Waals surface area contributed by atoms with E-state index in [-0.39, 0.29) is 0 Å². The Bertz CT molecular complexity index is 331. The van der Waals surface area contributed by atoms with Gasteiger partial charge in [-0.1, -0.05) is 25.5 Å². The minimum Gasteiger partial charge on any atom is -0.385 e. The lowest BCUT2D eigenvalue weighted by Gasteiger charge is -2.26. The molecule has 1 aromatic carbocycles. The zero-order valence-corrected chi connectivity index (χ0v) is 11.3. The van der Waals surface area contributed by atoms with E-state index in [1.54, 1.807) is 0 Å². The van der Waals surface area contributed by atoms with Crippen molar-refractivity contribution in [3.05, 3.63) is 29.8 Å². The second-order valence-electron chi connectivity index (χ2n) is 4.87. The normalized spacial score (nSPS) is 16.7. The van der Waals surface area contributed by atoms with Gasteiger partial charge in [0.15, 0.2) is 0 Å². The van der Waals surface area contributed by atoms with Crippen LogP contribution in [0.2, 0.25) is 0 Å². The van der Waals surface area contributed by atoms with Crippen LogP contribution in [-0.2, 0) is 11.3 Å². The first-order valence-corrected chi connectivity index (χ1v) is 7.01. The van der Waals surface area contributed by atoms with Crippen molar-refractivity contribution < 1.29 is 4.74 Å². The number of nitrogens with one attached hydrogen (secondary N) is 1. The molecule has 0 amide bonds. The van der Waals surface area contributed by atoms with Gasteiger partial charge in [0.2, 0.25) is 0 Å². The molecule has 1 N–H and O–H groups in total. The lowest BCUT2D eigenvalue weighted by molar-refractivity contribution is 0.0342. The van der Waals surface area contributed by atoms with Crippen LogP contribution in [0.1, 0.15) is 25.3 Å². The van der Waals surface area contributed by atoms with Crippen molar-refractivity contribution in [1.29, 1.82) is 0 Å². The second-order valence-corrected chi connectivity index (χ2v) is 4.87. The monoisotopic (exact) mass is 248 g/mol. The highest BCUT2D eigenvalue weighted by atomic mass is 16.5. The minimum atomic E-state index is 0.872. The standard InChI is InChI=1S/C15H24N2O/c1-2-3-8-16-15-6-4-14(5-7-15)13-17-9-11-18-12-10-17/h4-7,16H,2-3,8-13H2,1H3. The summed E-state index contributed by atoms with van der Waals surface area (Å²) in [5.74, 6) is 0. The highest BCUT2D eigenvalue weighted by Crippen LogP contribution is 2.12. The molecule has 0 atom stereocenters. The Morgan fingerprint density at radius 3 is 2.56 bits per heavy atom. The molecular weight excluding hydrogens is 224 g/mol. The topological polar surface area (TPSA) is 24.5 Å². The molecule has 1 heterocycles. The Balaban J connectivity index is 1.79. The summed E-state index contributed by atoms with van der Waals surface area (Å²) in [4.78, 5) is 2.45. The Morgan fingerprint density at radius 1 is 1.17 bits per heavy atom. The molecule has 3 heteroatoms. The average Bonchev–Trinajstić information content (AvgIpc) is 2.42. The van der Waals surface area contributed by atoms with Crippen LogP contribution in [-0.4, -0.2) is 37.7 Å². The third-order valence-corrected chi connectivity index (χ3v) is 3.32. The predicted octanol–water partition coefficient (Wildman–Crippen LogP) is 2.73. The molecule has 1 aliphatic heterocycles. The van der Waals surface area contributed by atoms with Crippen molar-refractivity contribution in [1.82, 2.24) is 4.90 Å². The summed E-state index contributed by atoms with van der Waals surface area (Å²) in [5, 5.41) is 3.44. The first-order chi connectivity index (χ1) is 8.88. The molecule has 0 aliphatic carbocycles. The van der Waals surface area contributed by atoms with Crippen LogP contribution in [0.5, 0.6) is 0 Å². The molecule has 2 rings (SSSR count). The van der Waals surface area contributed by atoms with Gasteiger partial charge in [-0.05, 0) is 24.1 Å². The highest BCUT2D eigenvalue weighted by Gasteiger charge is 2.10. The van der Waals surface area contributed by atoms with Crippen LogP contribution in [0, 0.1) is 0 Å². The number of benzene rings is 1. The molecule has 0 saturated carbocycles. The van der Waals surface area contributed by atoms with E-state index in [1.807, 2.05) is 0 Å². The van der Waals surface area contributed by atoms with E-state index in [0.717, 1.165) is 39.4 Å². The second kappa shape index (κ2) is 7.39. The Hall–Kier alpha value is -1.06. The van der Waals surface area contributed by atoms with Crippen LogP contribution in [0.3, 0.4) is 0 Å². The van der Waals surface area contributed by atoms with E-state index < -0.39 is 0 Å². The average molecular weight is 248 g/mol. The first-order valence-electron chi connectivity index (χ1n) is 7.01. The van der Waals surface area contributed by atoms with Gasteiger partial charge in [-0.25, -0.2) is 0 Å². The third kappa shape index (κ3) is 4.31. The van der Waals surface area contributed by atoms with E-state index >= 15 is 0 Å². The molecule has 0 spiro atoms. The summed E-state index contributed by atoms with van der Waals surface area (Å²) in [5.41, 5.74) is 2.62. The van der Waals surface area contributed by atoms with Gasteiger partial charge in [0.25, 0.3) is 0 Å². The lowest BCUT2D eigenvalue weighted by Crippen LogP contribution is -2.35. The molecule has 1 fully saturated rings. The fraction of sp³-hybridized carbons (Fsp3) is 0.600. The molecule has 3 nitrogen and oxygen atoms in total. The number of hydrogen-bond acceptors (Lipinski definition) is 3. The maximum Gasteiger partial charge on any atom is 0.0594 e. The third-order valence-electron chi connectivity index (χ3n) is 3.32. The fourth-order valence-corrected chi connectivity index (χ4v) is 2.15. The Kier molecular flexibility index (Phi) is 5.49. The number of hydrogen-bond donors (Lipinski definition) is 1. The minimum absolute atomic E-state index is 0.872. The van der Waals surface area contributed by atoms with Crippen molar-refractivity contribution >= 4 is 5.69 Å². The van der Waals surface area contributed by atoms with Gasteiger partial charge in [0.05, 0.1) is 13.2 Å². The molecule has 0 aromatic heterocycles. The first kappa shape index (κ1) is 13.4. The van der Waals surface area contributed by atoms with E-state index in [4.69, 9.17) is 4.74 Å². The van der Waals surface area contributed by atoms with E-state index in [1.165, 1.54) is 24.1 Å². The summed E-state index contributed by atoms with van der Waals surface area (Å²) in [7, 11) is 0. The molecule has 1 aromatic rings. The number of morpholine rings is 1. The Morgan fingerprint density at radius 2 is 1.89 bits per heavy atom. The summed E-state index contributed by atoms with van der Waals surface area (Å²) in [6.07, 6.45) is 2.47. The van der Waals surface area contributed by atoms with Crippen molar-refractivity contribution in [2.75, 3.05) is 38.2 Å². The van der Waals surface area contributed by atoms with Crippen LogP contribution < -0.4 is 5.32 Å². The summed E-state index contributed by atoms with van der Waals surface area (Å²) >= 11 is 0. The zero-order chi connectivity index (χ0) is 12.6. The number of unbranched alkanes of at least 4 members (excludes halogenated alkanes) is 1. The largest absolute Gasteiger partial charge is 0.385 e. The molecule has 1 aliphatic rings. The molecule has 0 radical (unpaired) electrons. The van der Waals surface area contributed by atoms with Crippen molar-refractivity contribution in [3.63, 3.8) is 0 Å². The van der Waals surface area contributed by atoms with E-state index in [2.05, 4.69) is 41.4 Å². The predicted molar refractivity (Wildman–Crippen MR) is 75.9 cm³/mol. The van der Waals surface area contributed by atoms with Gasteiger partial charge in [-0.15, -0.1) is 0 Å². The zero-order valence-electron chi connectivity index (χ0n) is 11.3. The van der Waals surface area contributed by atoms with Gasteiger partial charge in [0, 0.05) is 31.9 Å². The summed E-state index contributed by atoms with van der Waals surface area (Å²) < 4.78 is 5.36. The summed E-state index contributed by atoms with van der Waals surface area (Å²) in [6.45, 7) is 8.17. The molecule has 0 unspecified atom stereocenters. The summed E-state index contributed by atoms with van der Waals surface area (Å²) in [6, 6.07) is 8.82. The van der Waals surface area contributed by atoms with Crippen LogP contribution in [0.4, 0.5) is 5.69 Å². The number of nitrogens with zero attached hydrogens (tertiary/aromatic N) is 1. The Labute approximate surface area is 110 Å². The quantitative estimate of drug-likeness (QED) is 0.783. The van der Waals surface area contributed by atoms with Crippen LogP contribution in [0.25, 0.3) is 0 Å². The number of rotatable bonds is 6. The van der Waals surface area contributed by atoms with Crippen LogP contribution in [0.15, 0.2) is 24.3 Å². The van der Waals surface area contributed by atoms with Crippen molar-refractivity contribution in [2.24, 2.45) is 0 Å². The molecular formula is C15H24N2O. The van der Waals surface area contributed by atoms with Gasteiger partial charge in [-0.2, -0.15) is 0 Å². The SMILES string of the molecule is CCCCNc1ccc(CN2CCOCC2)cc1. The van der Waals surface area contributed by atoms with Crippen LogP contribution >= 0.6 is 0 Å². The highest BCUT2D eigenvalue weighted by molar-refractivity contribution is 5.44. The maximum absolute atomic E-state index is 5.36. The maximum atomic E-state index is 5.36. The molecule has 18 heavy (non-hydrogen) atoms. The van der Waals surface area contributed by atoms with Crippen molar-refractivity contribution in [2.45, 2.75) is 26.3 Å². The molecule has 100 valence electrons. The van der Waals surface area contributed by atoms with Gasteiger partial charge < -0.3 is 10.1 Å². The smallest absolute Gasteiger partial charge is 0.0594 e. The molecule has 1 saturated heterocycles. The number of anilines is 1. The number of ether oxygens (including phenoxy) is 1. The van der Waals surface area contributed by atoms with Gasteiger partial charge >= 0.3 is 0 Å². The van der Waals surface area contributed by atoms with Crippen molar-refractivity contribution in [3.8, 4) is 0 Å².